The fourth-order valence-electron chi connectivity index (χ4n) is 1.50. The van der Waals surface area contributed by atoms with Crippen molar-refractivity contribution in [2.24, 2.45) is 0 Å². The number of nitrogen functional groups attached to an aromatic ring is 1. The van der Waals surface area contributed by atoms with Crippen molar-refractivity contribution >= 4 is 17.5 Å². The van der Waals surface area contributed by atoms with Gasteiger partial charge in [-0.05, 0) is 13.0 Å². The minimum absolute atomic E-state index is 0.114. The number of aromatic nitrogens is 1. The number of anilines is 2. The molecule has 0 amide bonds. The standard InChI is InChI=1S/C11H17N3O3/c1-3-14(4-5-17-2)10-9(11(15)16)6-8(12)7-13-10/h6-7H,3-5,12H2,1-2H3,(H,15,16). The molecular weight excluding hydrogens is 222 g/mol. The number of carbonyl (C=O) groups is 1. The monoisotopic (exact) mass is 239 g/mol. The lowest BCUT2D eigenvalue weighted by atomic mass is 10.2. The van der Waals surface area contributed by atoms with Gasteiger partial charge in [-0.15, -0.1) is 0 Å². The van der Waals surface area contributed by atoms with Gasteiger partial charge in [0.25, 0.3) is 0 Å². The van der Waals surface area contributed by atoms with E-state index in [9.17, 15) is 4.79 Å². The van der Waals surface area contributed by atoms with E-state index in [1.54, 1.807) is 7.11 Å². The fourth-order valence-corrected chi connectivity index (χ4v) is 1.50. The Kier molecular flexibility index (Phi) is 4.71. The van der Waals surface area contributed by atoms with Crippen LogP contribution in [0.5, 0.6) is 0 Å². The van der Waals surface area contributed by atoms with Crippen molar-refractivity contribution in [1.29, 1.82) is 0 Å². The molecule has 1 rings (SSSR count). The van der Waals surface area contributed by atoms with Crippen LogP contribution < -0.4 is 10.6 Å². The number of rotatable bonds is 6. The van der Waals surface area contributed by atoms with Gasteiger partial charge in [0, 0.05) is 20.2 Å². The maximum Gasteiger partial charge on any atom is 0.339 e. The summed E-state index contributed by atoms with van der Waals surface area (Å²) in [6, 6.07) is 1.42. The second kappa shape index (κ2) is 6.05. The third-order valence-corrected chi connectivity index (χ3v) is 2.36. The molecule has 0 unspecified atom stereocenters. The maximum absolute atomic E-state index is 11.1. The Morgan fingerprint density at radius 2 is 2.35 bits per heavy atom. The Hall–Kier alpha value is -1.82. The summed E-state index contributed by atoms with van der Waals surface area (Å²) in [7, 11) is 1.60. The summed E-state index contributed by atoms with van der Waals surface area (Å²) in [6.07, 6.45) is 1.46. The van der Waals surface area contributed by atoms with E-state index in [4.69, 9.17) is 15.6 Å². The first-order chi connectivity index (χ1) is 8.10. The third-order valence-electron chi connectivity index (χ3n) is 2.36. The zero-order chi connectivity index (χ0) is 12.8. The molecule has 6 nitrogen and oxygen atoms in total. The highest BCUT2D eigenvalue weighted by molar-refractivity contribution is 5.94. The summed E-state index contributed by atoms with van der Waals surface area (Å²) < 4.78 is 4.98. The van der Waals surface area contributed by atoms with Crippen LogP contribution in [0.15, 0.2) is 12.3 Å². The largest absolute Gasteiger partial charge is 0.478 e. The van der Waals surface area contributed by atoms with Crippen LogP contribution in [-0.2, 0) is 4.74 Å². The fraction of sp³-hybridized carbons (Fsp3) is 0.455. The van der Waals surface area contributed by atoms with Gasteiger partial charge in [-0.3, -0.25) is 0 Å². The molecule has 3 N–H and O–H groups in total. The van der Waals surface area contributed by atoms with Gasteiger partial charge in [-0.2, -0.15) is 0 Å². The number of ether oxygens (including phenoxy) is 1. The smallest absolute Gasteiger partial charge is 0.339 e. The van der Waals surface area contributed by atoms with Crippen molar-refractivity contribution in [3.63, 3.8) is 0 Å². The summed E-state index contributed by atoms with van der Waals surface area (Å²) in [5.74, 6) is -0.609. The van der Waals surface area contributed by atoms with E-state index in [-0.39, 0.29) is 5.56 Å². The summed E-state index contributed by atoms with van der Waals surface area (Å²) >= 11 is 0. The van der Waals surface area contributed by atoms with Gasteiger partial charge < -0.3 is 20.5 Å². The number of hydrogen-bond acceptors (Lipinski definition) is 5. The molecule has 0 aromatic carbocycles. The highest BCUT2D eigenvalue weighted by Gasteiger charge is 2.16. The van der Waals surface area contributed by atoms with Gasteiger partial charge in [-0.1, -0.05) is 0 Å². The minimum atomic E-state index is -1.03. The van der Waals surface area contributed by atoms with E-state index >= 15 is 0 Å². The molecule has 0 fully saturated rings. The molecule has 1 heterocycles. The van der Waals surface area contributed by atoms with E-state index < -0.39 is 5.97 Å². The first kappa shape index (κ1) is 13.2. The van der Waals surface area contributed by atoms with Crippen LogP contribution in [0, 0.1) is 0 Å². The number of methoxy groups -OCH3 is 1. The summed E-state index contributed by atoms with van der Waals surface area (Å²) in [5.41, 5.74) is 5.99. The van der Waals surface area contributed by atoms with Crippen LogP contribution in [-0.4, -0.2) is 42.9 Å². The molecule has 0 saturated heterocycles. The van der Waals surface area contributed by atoms with Crippen molar-refractivity contribution < 1.29 is 14.6 Å². The van der Waals surface area contributed by atoms with Crippen molar-refractivity contribution in [1.82, 2.24) is 4.98 Å². The zero-order valence-corrected chi connectivity index (χ0v) is 10.0. The quantitative estimate of drug-likeness (QED) is 0.764. The zero-order valence-electron chi connectivity index (χ0n) is 10.0. The SMILES string of the molecule is CCN(CCOC)c1ncc(N)cc1C(=O)O. The number of likely N-dealkylation sites (N-methyl/N-ethyl adjacent to an activating group) is 1. The van der Waals surface area contributed by atoms with Crippen LogP contribution in [0.4, 0.5) is 11.5 Å². The Morgan fingerprint density at radius 3 is 2.88 bits per heavy atom. The van der Waals surface area contributed by atoms with E-state index in [1.165, 1.54) is 12.3 Å². The van der Waals surface area contributed by atoms with Crippen molar-refractivity contribution in [2.45, 2.75) is 6.92 Å². The molecular formula is C11H17N3O3. The van der Waals surface area contributed by atoms with Crippen LogP contribution in [0.25, 0.3) is 0 Å². The Labute approximate surface area is 100 Å². The van der Waals surface area contributed by atoms with Crippen molar-refractivity contribution in [3.8, 4) is 0 Å². The van der Waals surface area contributed by atoms with E-state index in [1.807, 2.05) is 11.8 Å². The number of nitrogens with zero attached hydrogens (tertiary/aromatic N) is 2. The Bertz CT molecular complexity index is 396. The molecule has 17 heavy (non-hydrogen) atoms. The number of pyridine rings is 1. The number of carboxylic acid groups (broad SMARTS) is 1. The van der Waals surface area contributed by atoms with Crippen LogP contribution >= 0.6 is 0 Å². The van der Waals surface area contributed by atoms with Crippen molar-refractivity contribution in [3.05, 3.63) is 17.8 Å². The molecule has 94 valence electrons. The topological polar surface area (TPSA) is 88.7 Å². The molecule has 0 atom stereocenters. The molecule has 6 heteroatoms. The second-order valence-corrected chi connectivity index (χ2v) is 3.52. The molecule has 0 saturated carbocycles. The molecule has 0 radical (unpaired) electrons. The van der Waals surface area contributed by atoms with Crippen LogP contribution in [0.2, 0.25) is 0 Å². The number of nitrogens with two attached hydrogens (primary N) is 1. The second-order valence-electron chi connectivity index (χ2n) is 3.52. The number of carboxylic acids is 1. The average Bonchev–Trinajstić information content (AvgIpc) is 2.31. The Morgan fingerprint density at radius 1 is 1.65 bits per heavy atom. The number of hydrogen-bond donors (Lipinski definition) is 2. The van der Waals surface area contributed by atoms with Crippen molar-refractivity contribution in [2.75, 3.05) is 37.4 Å². The van der Waals surface area contributed by atoms with E-state index in [0.717, 1.165) is 0 Å². The minimum Gasteiger partial charge on any atom is -0.478 e. The molecule has 0 aliphatic carbocycles. The molecule has 0 bridgehead atoms. The van der Waals surface area contributed by atoms with Gasteiger partial charge in [0.2, 0.25) is 0 Å². The lowest BCUT2D eigenvalue weighted by molar-refractivity contribution is 0.0697. The number of aromatic carboxylic acids is 1. The molecule has 0 aliphatic heterocycles. The highest BCUT2D eigenvalue weighted by atomic mass is 16.5. The van der Waals surface area contributed by atoms with Crippen LogP contribution in [0.3, 0.4) is 0 Å². The van der Waals surface area contributed by atoms with Crippen LogP contribution in [0.1, 0.15) is 17.3 Å². The van der Waals surface area contributed by atoms with Gasteiger partial charge in [0.05, 0.1) is 18.5 Å². The third kappa shape index (κ3) is 3.32. The Balaban J connectivity index is 3.05. The maximum atomic E-state index is 11.1. The molecule has 0 aliphatic rings. The first-order valence-corrected chi connectivity index (χ1v) is 5.32. The first-order valence-electron chi connectivity index (χ1n) is 5.32. The van der Waals surface area contributed by atoms with Gasteiger partial charge in [0.15, 0.2) is 0 Å². The summed E-state index contributed by atoms with van der Waals surface area (Å²) in [5, 5.41) is 9.11. The summed E-state index contributed by atoms with van der Waals surface area (Å²) in [6.45, 7) is 3.68. The lowest BCUT2D eigenvalue weighted by Gasteiger charge is -2.23. The average molecular weight is 239 g/mol. The van der Waals surface area contributed by atoms with Gasteiger partial charge in [-0.25, -0.2) is 9.78 Å². The normalized spacial score (nSPS) is 10.2. The molecule has 0 spiro atoms. The van der Waals surface area contributed by atoms with Gasteiger partial charge >= 0.3 is 5.97 Å². The van der Waals surface area contributed by atoms with Gasteiger partial charge in [0.1, 0.15) is 11.4 Å². The predicted octanol–water partition coefficient (Wildman–Crippen LogP) is 0.835. The van der Waals surface area contributed by atoms with E-state index in [2.05, 4.69) is 4.98 Å². The molecule has 1 aromatic heterocycles. The highest BCUT2D eigenvalue weighted by Crippen LogP contribution is 2.19. The van der Waals surface area contributed by atoms with E-state index in [0.29, 0.717) is 31.2 Å². The lowest BCUT2D eigenvalue weighted by Crippen LogP contribution is -2.29. The predicted molar refractivity (Wildman–Crippen MR) is 65.4 cm³/mol. The summed E-state index contributed by atoms with van der Waals surface area (Å²) in [4.78, 5) is 17.0. The molecule has 1 aromatic rings.